The van der Waals surface area contributed by atoms with Gasteiger partial charge >= 0.3 is 5.97 Å². The summed E-state index contributed by atoms with van der Waals surface area (Å²) < 4.78 is 4.98. The van der Waals surface area contributed by atoms with Crippen molar-refractivity contribution < 1.29 is 9.53 Å². The van der Waals surface area contributed by atoms with Crippen LogP contribution in [0.25, 0.3) is 0 Å². The number of nitrogens with zero attached hydrogens (tertiary/aromatic N) is 1. The SMILES string of the molecule is CCOC(=O)c1[nH]nc2c1C[C@H]1[C@@H](C)[C@@H]21. The van der Waals surface area contributed by atoms with E-state index in [4.69, 9.17) is 4.74 Å². The van der Waals surface area contributed by atoms with Gasteiger partial charge in [0.05, 0.1) is 12.3 Å². The minimum absolute atomic E-state index is 0.264. The molecule has 2 aliphatic carbocycles. The Balaban J connectivity index is 1.91. The lowest BCUT2D eigenvalue weighted by molar-refractivity contribution is 0.0518. The first-order chi connectivity index (χ1) is 7.24. The Bertz CT molecular complexity index is 424. The van der Waals surface area contributed by atoms with Crippen LogP contribution in [0.4, 0.5) is 0 Å². The minimum atomic E-state index is -0.264. The van der Waals surface area contributed by atoms with Gasteiger partial charge in [-0.3, -0.25) is 5.10 Å². The number of aromatic amines is 1. The highest BCUT2D eigenvalue weighted by molar-refractivity contribution is 5.89. The molecule has 1 N–H and O–H groups in total. The fourth-order valence-corrected chi connectivity index (χ4v) is 2.78. The molecular formula is C11H14N2O2. The molecule has 4 nitrogen and oxygen atoms in total. The molecule has 0 saturated heterocycles. The third-order valence-corrected chi connectivity index (χ3v) is 3.70. The number of esters is 1. The molecule has 3 rings (SSSR count). The van der Waals surface area contributed by atoms with Crippen LogP contribution in [0.3, 0.4) is 0 Å². The molecule has 1 aromatic rings. The van der Waals surface area contributed by atoms with E-state index in [0.717, 1.165) is 29.5 Å². The first-order valence-electron chi connectivity index (χ1n) is 5.48. The molecule has 0 bridgehead atoms. The quantitative estimate of drug-likeness (QED) is 0.746. The summed E-state index contributed by atoms with van der Waals surface area (Å²) in [6.07, 6.45) is 0.992. The van der Waals surface area contributed by atoms with E-state index in [1.54, 1.807) is 0 Å². The molecule has 1 aromatic heterocycles. The Morgan fingerprint density at radius 1 is 1.67 bits per heavy atom. The van der Waals surface area contributed by atoms with E-state index in [2.05, 4.69) is 17.1 Å². The van der Waals surface area contributed by atoms with Crippen molar-refractivity contribution in [2.75, 3.05) is 6.61 Å². The normalized spacial score (nSPS) is 30.9. The van der Waals surface area contributed by atoms with Gasteiger partial charge in [0.25, 0.3) is 0 Å². The van der Waals surface area contributed by atoms with Gasteiger partial charge in [0.15, 0.2) is 0 Å². The van der Waals surface area contributed by atoms with E-state index >= 15 is 0 Å². The third-order valence-electron chi connectivity index (χ3n) is 3.70. The first-order valence-corrected chi connectivity index (χ1v) is 5.48. The van der Waals surface area contributed by atoms with Gasteiger partial charge < -0.3 is 4.74 Å². The van der Waals surface area contributed by atoms with Crippen LogP contribution in [0.15, 0.2) is 0 Å². The monoisotopic (exact) mass is 206 g/mol. The van der Waals surface area contributed by atoms with Crippen molar-refractivity contribution in [1.82, 2.24) is 10.2 Å². The van der Waals surface area contributed by atoms with Crippen molar-refractivity contribution in [2.24, 2.45) is 11.8 Å². The topological polar surface area (TPSA) is 55.0 Å². The second kappa shape index (κ2) is 2.84. The van der Waals surface area contributed by atoms with Gasteiger partial charge in [0.1, 0.15) is 5.69 Å². The number of aromatic nitrogens is 2. The van der Waals surface area contributed by atoms with E-state index in [-0.39, 0.29) is 5.97 Å². The van der Waals surface area contributed by atoms with Gasteiger partial charge in [-0.1, -0.05) is 6.92 Å². The standard InChI is InChI=1S/C11H14N2O2/c1-3-15-11(14)10-7-4-6-5(2)8(6)9(7)12-13-10/h5-6,8H,3-4H2,1-2H3,(H,12,13)/t5-,6+,8-/m1/s1. The lowest BCUT2D eigenvalue weighted by Crippen LogP contribution is -2.08. The summed E-state index contributed by atoms with van der Waals surface area (Å²) in [4.78, 5) is 11.6. The molecular weight excluding hydrogens is 192 g/mol. The average molecular weight is 206 g/mol. The molecule has 2 aliphatic rings. The molecule has 0 aliphatic heterocycles. The van der Waals surface area contributed by atoms with Crippen molar-refractivity contribution >= 4 is 5.97 Å². The number of rotatable bonds is 2. The fraction of sp³-hybridized carbons (Fsp3) is 0.636. The number of hydrogen-bond donors (Lipinski definition) is 1. The van der Waals surface area contributed by atoms with Crippen molar-refractivity contribution in [1.29, 1.82) is 0 Å². The predicted octanol–water partition coefficient (Wildman–Crippen LogP) is 1.49. The van der Waals surface area contributed by atoms with Gasteiger partial charge in [0.2, 0.25) is 0 Å². The Labute approximate surface area is 88.0 Å². The van der Waals surface area contributed by atoms with Crippen LogP contribution in [-0.4, -0.2) is 22.8 Å². The minimum Gasteiger partial charge on any atom is -0.461 e. The molecule has 1 heterocycles. The molecule has 1 fully saturated rings. The van der Waals surface area contributed by atoms with E-state index in [9.17, 15) is 4.79 Å². The predicted molar refractivity (Wildman–Crippen MR) is 53.6 cm³/mol. The third kappa shape index (κ3) is 1.07. The summed E-state index contributed by atoms with van der Waals surface area (Å²) in [6, 6.07) is 0. The summed E-state index contributed by atoms with van der Waals surface area (Å²) in [5.41, 5.74) is 2.78. The smallest absolute Gasteiger partial charge is 0.356 e. The molecule has 4 heteroatoms. The van der Waals surface area contributed by atoms with Crippen molar-refractivity contribution in [3.8, 4) is 0 Å². The van der Waals surface area contributed by atoms with Crippen LogP contribution < -0.4 is 0 Å². The molecule has 0 radical (unpaired) electrons. The second-order valence-corrected chi connectivity index (χ2v) is 4.44. The lowest BCUT2D eigenvalue weighted by Gasteiger charge is -2.01. The van der Waals surface area contributed by atoms with Gasteiger partial charge in [-0.05, 0) is 25.2 Å². The molecule has 0 unspecified atom stereocenters. The maximum atomic E-state index is 11.6. The van der Waals surface area contributed by atoms with Gasteiger partial charge in [-0.2, -0.15) is 5.10 Å². The summed E-state index contributed by atoms with van der Waals surface area (Å²) in [5.74, 6) is 1.81. The summed E-state index contributed by atoms with van der Waals surface area (Å²) in [7, 11) is 0. The number of fused-ring (bicyclic) bond motifs is 3. The number of carbonyl (C=O) groups is 1. The summed E-state index contributed by atoms with van der Waals surface area (Å²) in [6.45, 7) is 4.47. The highest BCUT2D eigenvalue weighted by atomic mass is 16.5. The molecule has 1 saturated carbocycles. The fourth-order valence-electron chi connectivity index (χ4n) is 2.78. The number of carbonyl (C=O) groups excluding carboxylic acids is 1. The second-order valence-electron chi connectivity index (χ2n) is 4.44. The van der Waals surface area contributed by atoms with Gasteiger partial charge in [0, 0.05) is 11.5 Å². The molecule has 80 valence electrons. The number of ether oxygens (including phenoxy) is 1. The summed E-state index contributed by atoms with van der Waals surface area (Å²) >= 11 is 0. The molecule has 3 atom stereocenters. The molecule has 0 amide bonds. The highest BCUT2D eigenvalue weighted by Gasteiger charge is 2.55. The Kier molecular flexibility index (Phi) is 1.69. The van der Waals surface area contributed by atoms with E-state index in [1.807, 2.05) is 6.92 Å². The van der Waals surface area contributed by atoms with Crippen LogP contribution in [0.5, 0.6) is 0 Å². The first kappa shape index (κ1) is 8.95. The maximum absolute atomic E-state index is 11.6. The van der Waals surface area contributed by atoms with Crippen molar-refractivity contribution in [3.05, 3.63) is 17.0 Å². The number of nitrogens with one attached hydrogen (secondary N) is 1. The maximum Gasteiger partial charge on any atom is 0.356 e. The van der Waals surface area contributed by atoms with Gasteiger partial charge in [-0.15, -0.1) is 0 Å². The number of H-pyrrole nitrogens is 1. The van der Waals surface area contributed by atoms with E-state index in [0.29, 0.717) is 18.2 Å². The van der Waals surface area contributed by atoms with Crippen LogP contribution in [0, 0.1) is 11.8 Å². The van der Waals surface area contributed by atoms with Crippen molar-refractivity contribution in [3.63, 3.8) is 0 Å². The largest absolute Gasteiger partial charge is 0.461 e. The van der Waals surface area contributed by atoms with Crippen LogP contribution >= 0.6 is 0 Å². The van der Waals surface area contributed by atoms with Crippen LogP contribution in [-0.2, 0) is 11.2 Å². The average Bonchev–Trinajstić information content (AvgIpc) is 2.63. The zero-order valence-corrected chi connectivity index (χ0v) is 8.91. The van der Waals surface area contributed by atoms with Crippen LogP contribution in [0.2, 0.25) is 0 Å². The van der Waals surface area contributed by atoms with Crippen LogP contribution in [0.1, 0.15) is 41.5 Å². The molecule has 15 heavy (non-hydrogen) atoms. The van der Waals surface area contributed by atoms with Crippen molar-refractivity contribution in [2.45, 2.75) is 26.2 Å². The van der Waals surface area contributed by atoms with E-state index in [1.165, 1.54) is 0 Å². The Morgan fingerprint density at radius 3 is 3.20 bits per heavy atom. The Morgan fingerprint density at radius 2 is 2.47 bits per heavy atom. The Hall–Kier alpha value is -1.32. The summed E-state index contributed by atoms with van der Waals surface area (Å²) in [5, 5.41) is 7.06. The van der Waals surface area contributed by atoms with Gasteiger partial charge in [-0.25, -0.2) is 4.79 Å². The molecule has 0 spiro atoms. The lowest BCUT2D eigenvalue weighted by atomic mass is 10.1. The highest BCUT2D eigenvalue weighted by Crippen LogP contribution is 2.60. The zero-order chi connectivity index (χ0) is 10.6. The number of hydrogen-bond acceptors (Lipinski definition) is 3. The van der Waals surface area contributed by atoms with E-state index < -0.39 is 0 Å². The zero-order valence-electron chi connectivity index (χ0n) is 8.91. The molecule has 0 aromatic carbocycles.